The van der Waals surface area contributed by atoms with Gasteiger partial charge in [-0.05, 0) is 37.3 Å². The van der Waals surface area contributed by atoms with Crippen molar-refractivity contribution in [1.82, 2.24) is 9.88 Å². The molecule has 2 aromatic carbocycles. The van der Waals surface area contributed by atoms with Crippen molar-refractivity contribution in [2.75, 3.05) is 25.8 Å². The van der Waals surface area contributed by atoms with E-state index in [0.717, 1.165) is 0 Å². The van der Waals surface area contributed by atoms with Crippen LogP contribution in [0.5, 0.6) is 17.2 Å². The number of pyridine rings is 1. The molecule has 0 bridgehead atoms. The number of hydrogen-bond acceptors (Lipinski definition) is 6. The maximum Gasteiger partial charge on any atom is 0.256 e. The fourth-order valence-corrected chi connectivity index (χ4v) is 3.49. The Kier molecular flexibility index (Phi) is 5.98. The molecule has 166 valence electrons. The number of hydrogen-bond donors (Lipinski definition) is 2. The lowest BCUT2D eigenvalue weighted by atomic mass is 10.1. The Bertz CT molecular complexity index is 1230. The lowest BCUT2D eigenvalue weighted by molar-refractivity contribution is -0.116. The minimum absolute atomic E-state index is 0.00813. The van der Waals surface area contributed by atoms with Gasteiger partial charge >= 0.3 is 0 Å². The summed E-state index contributed by atoms with van der Waals surface area (Å²) in [5.41, 5.74) is 0.898. The van der Waals surface area contributed by atoms with Crippen molar-refractivity contribution in [2.24, 2.45) is 0 Å². The van der Waals surface area contributed by atoms with Crippen LogP contribution < -0.4 is 30.3 Å². The highest BCUT2D eigenvalue weighted by Gasteiger charge is 2.20. The van der Waals surface area contributed by atoms with Crippen molar-refractivity contribution >= 4 is 28.4 Å². The van der Waals surface area contributed by atoms with E-state index in [1.807, 2.05) is 11.5 Å². The van der Waals surface area contributed by atoms with E-state index < -0.39 is 11.3 Å². The number of aromatic nitrogens is 1. The third-order valence-electron chi connectivity index (χ3n) is 5.17. The molecule has 0 spiro atoms. The second-order valence-corrected chi connectivity index (χ2v) is 7.16. The van der Waals surface area contributed by atoms with Gasteiger partial charge in [-0.25, -0.2) is 0 Å². The topological polar surface area (TPSA) is 108 Å². The molecule has 2 amide bonds. The number of nitrogens with one attached hydrogen (secondary N) is 2. The van der Waals surface area contributed by atoms with Gasteiger partial charge in [-0.1, -0.05) is 0 Å². The molecule has 0 saturated carbocycles. The average Bonchev–Trinajstić information content (AvgIpc) is 3.26. The molecule has 1 aliphatic heterocycles. The van der Waals surface area contributed by atoms with Crippen LogP contribution in [0.15, 0.2) is 47.4 Å². The minimum Gasteiger partial charge on any atom is -0.497 e. The van der Waals surface area contributed by atoms with Gasteiger partial charge in [-0.3, -0.25) is 14.4 Å². The number of carbonyl (C=O) groups excluding carboxylic acids is 2. The Morgan fingerprint density at radius 3 is 2.53 bits per heavy atom. The Labute approximate surface area is 183 Å². The van der Waals surface area contributed by atoms with Gasteiger partial charge < -0.3 is 29.4 Å². The van der Waals surface area contributed by atoms with E-state index in [-0.39, 0.29) is 31.2 Å². The molecule has 2 N–H and O–H groups in total. The molecule has 0 unspecified atom stereocenters. The molecule has 0 atom stereocenters. The SMILES string of the molecule is CCn1cc(C(=O)NCCC(=O)Nc2ccc(OC)cc2)c(=O)c2cc3c(cc21)OCO3. The first-order valence-electron chi connectivity index (χ1n) is 10.2. The first kappa shape index (κ1) is 21.2. The Hall–Kier alpha value is -4.01. The van der Waals surface area contributed by atoms with Crippen LogP contribution in [0.3, 0.4) is 0 Å². The zero-order valence-electron chi connectivity index (χ0n) is 17.8. The van der Waals surface area contributed by atoms with E-state index in [2.05, 4.69) is 10.6 Å². The third kappa shape index (κ3) is 4.22. The van der Waals surface area contributed by atoms with Crippen molar-refractivity contribution in [3.8, 4) is 17.2 Å². The zero-order chi connectivity index (χ0) is 22.7. The number of amides is 2. The molecule has 1 aliphatic rings. The average molecular weight is 437 g/mol. The summed E-state index contributed by atoms with van der Waals surface area (Å²) in [6.45, 7) is 2.66. The molecule has 1 aromatic heterocycles. The summed E-state index contributed by atoms with van der Waals surface area (Å²) < 4.78 is 17.6. The van der Waals surface area contributed by atoms with Crippen LogP contribution in [0.1, 0.15) is 23.7 Å². The van der Waals surface area contributed by atoms with E-state index in [9.17, 15) is 14.4 Å². The van der Waals surface area contributed by atoms with Crippen molar-refractivity contribution in [3.05, 3.63) is 58.4 Å². The van der Waals surface area contributed by atoms with E-state index >= 15 is 0 Å². The predicted octanol–water partition coefficient (Wildman–Crippen LogP) is 2.52. The number of aryl methyl sites for hydroxylation is 1. The molecular weight excluding hydrogens is 414 g/mol. The number of rotatable bonds is 7. The van der Waals surface area contributed by atoms with Crippen molar-refractivity contribution < 1.29 is 23.8 Å². The predicted molar refractivity (Wildman–Crippen MR) is 119 cm³/mol. The molecule has 32 heavy (non-hydrogen) atoms. The molecule has 0 radical (unpaired) electrons. The van der Waals surface area contributed by atoms with Crippen molar-refractivity contribution in [1.29, 1.82) is 0 Å². The quantitative estimate of drug-likeness (QED) is 0.588. The van der Waals surface area contributed by atoms with Gasteiger partial charge in [-0.15, -0.1) is 0 Å². The van der Waals surface area contributed by atoms with E-state index in [1.165, 1.54) is 6.20 Å². The number of ether oxygens (including phenoxy) is 3. The summed E-state index contributed by atoms with van der Waals surface area (Å²) in [5, 5.41) is 5.78. The van der Waals surface area contributed by atoms with Gasteiger partial charge in [-0.2, -0.15) is 0 Å². The number of fused-ring (bicyclic) bond motifs is 2. The highest BCUT2D eigenvalue weighted by atomic mass is 16.7. The Morgan fingerprint density at radius 1 is 1.12 bits per heavy atom. The summed E-state index contributed by atoms with van der Waals surface area (Å²) in [7, 11) is 1.57. The number of anilines is 1. The molecule has 9 nitrogen and oxygen atoms in total. The van der Waals surface area contributed by atoms with Crippen LogP contribution in [0.25, 0.3) is 10.9 Å². The van der Waals surface area contributed by atoms with E-state index in [4.69, 9.17) is 14.2 Å². The van der Waals surface area contributed by atoms with Gasteiger partial charge in [0.15, 0.2) is 11.5 Å². The lowest BCUT2D eigenvalue weighted by Crippen LogP contribution is -2.32. The first-order valence-corrected chi connectivity index (χ1v) is 10.2. The van der Waals surface area contributed by atoms with Crippen LogP contribution >= 0.6 is 0 Å². The van der Waals surface area contributed by atoms with Gasteiger partial charge in [0.05, 0.1) is 18.0 Å². The smallest absolute Gasteiger partial charge is 0.256 e. The largest absolute Gasteiger partial charge is 0.497 e. The Balaban J connectivity index is 1.44. The zero-order valence-corrected chi connectivity index (χ0v) is 17.8. The summed E-state index contributed by atoms with van der Waals surface area (Å²) in [6.07, 6.45) is 1.59. The number of methoxy groups -OCH3 is 1. The second-order valence-electron chi connectivity index (χ2n) is 7.16. The standard InChI is InChI=1S/C23H23N3O6/c1-3-26-12-17(22(28)16-10-19-20(11-18(16)26)32-13-31-19)23(29)24-9-8-21(27)25-14-4-6-15(30-2)7-5-14/h4-7,10-12H,3,8-9,13H2,1-2H3,(H,24,29)(H,25,27). The van der Waals surface area contributed by atoms with Gasteiger partial charge in [0.1, 0.15) is 11.3 Å². The molecule has 2 heterocycles. The van der Waals surface area contributed by atoms with Crippen molar-refractivity contribution in [2.45, 2.75) is 19.9 Å². The van der Waals surface area contributed by atoms with Gasteiger partial charge in [0.25, 0.3) is 5.91 Å². The Morgan fingerprint density at radius 2 is 1.84 bits per heavy atom. The molecule has 9 heteroatoms. The lowest BCUT2D eigenvalue weighted by Gasteiger charge is -2.12. The van der Waals surface area contributed by atoms with Gasteiger partial charge in [0, 0.05) is 37.5 Å². The van der Waals surface area contributed by atoms with Gasteiger partial charge in [0.2, 0.25) is 18.1 Å². The van der Waals surface area contributed by atoms with Crippen molar-refractivity contribution in [3.63, 3.8) is 0 Å². The summed E-state index contributed by atoms with van der Waals surface area (Å²) in [4.78, 5) is 37.8. The van der Waals surface area contributed by atoms with Crippen LogP contribution in [-0.4, -0.2) is 36.8 Å². The molecule has 0 fully saturated rings. The maximum absolute atomic E-state index is 13.0. The number of benzene rings is 2. The normalized spacial score (nSPS) is 11.9. The number of nitrogens with zero attached hydrogens (tertiary/aromatic N) is 1. The molecule has 3 aromatic rings. The van der Waals surface area contributed by atoms with E-state index in [1.54, 1.807) is 43.5 Å². The maximum atomic E-state index is 13.0. The fraction of sp³-hybridized carbons (Fsp3) is 0.261. The highest BCUT2D eigenvalue weighted by molar-refractivity contribution is 5.98. The number of carbonyl (C=O) groups is 2. The second kappa shape index (κ2) is 9.01. The minimum atomic E-state index is -0.533. The summed E-state index contributed by atoms with van der Waals surface area (Å²) in [6, 6.07) is 10.3. The highest BCUT2D eigenvalue weighted by Crippen LogP contribution is 2.35. The molecule has 0 saturated heterocycles. The third-order valence-corrected chi connectivity index (χ3v) is 5.17. The van der Waals surface area contributed by atoms with Crippen LogP contribution in [0.2, 0.25) is 0 Å². The summed E-state index contributed by atoms with van der Waals surface area (Å²) >= 11 is 0. The molecule has 4 rings (SSSR count). The monoisotopic (exact) mass is 437 g/mol. The van der Waals surface area contributed by atoms with Crippen LogP contribution in [0, 0.1) is 0 Å². The van der Waals surface area contributed by atoms with Crippen LogP contribution in [-0.2, 0) is 11.3 Å². The fourth-order valence-electron chi connectivity index (χ4n) is 3.49. The molecular formula is C23H23N3O6. The summed E-state index contributed by atoms with van der Waals surface area (Å²) in [5.74, 6) is 0.943. The molecule has 0 aliphatic carbocycles. The van der Waals surface area contributed by atoms with Crippen LogP contribution in [0.4, 0.5) is 5.69 Å². The van der Waals surface area contributed by atoms with E-state index in [0.29, 0.717) is 40.4 Å². The first-order chi connectivity index (χ1) is 15.5.